The van der Waals surface area contributed by atoms with E-state index in [1.54, 1.807) is 11.2 Å². The van der Waals surface area contributed by atoms with Crippen molar-refractivity contribution < 1.29 is 9.53 Å². The molecule has 6 nitrogen and oxygen atoms in total. The Kier molecular flexibility index (Phi) is 4.08. The summed E-state index contributed by atoms with van der Waals surface area (Å²) in [6.07, 6.45) is 4.38. The summed E-state index contributed by atoms with van der Waals surface area (Å²) in [4.78, 5) is 18.1. The SMILES string of the molecule is COC(=O)c1c(N=CN(C)C)c(C#N)n2c1CCCC2. The predicted octanol–water partition coefficient (Wildman–Crippen LogP) is 1.70. The lowest BCUT2D eigenvalue weighted by molar-refractivity contribution is 0.0600. The molecule has 1 aliphatic rings. The van der Waals surface area contributed by atoms with Gasteiger partial charge in [-0.3, -0.25) is 0 Å². The Morgan fingerprint density at radius 2 is 2.25 bits per heavy atom. The zero-order chi connectivity index (χ0) is 14.7. The third kappa shape index (κ3) is 2.39. The Labute approximate surface area is 118 Å². The fraction of sp³-hybridized carbons (Fsp3) is 0.500. The highest BCUT2D eigenvalue weighted by atomic mass is 16.5. The Bertz CT molecular complexity index is 593. The maximum absolute atomic E-state index is 12.0. The first kappa shape index (κ1) is 14.1. The zero-order valence-corrected chi connectivity index (χ0v) is 12.0. The van der Waals surface area contributed by atoms with Crippen molar-refractivity contribution in [3.63, 3.8) is 0 Å². The van der Waals surface area contributed by atoms with Crippen LogP contribution in [0, 0.1) is 11.3 Å². The molecular weight excluding hydrogens is 256 g/mol. The van der Waals surface area contributed by atoms with Gasteiger partial charge in [0.15, 0.2) is 0 Å². The lowest BCUT2D eigenvalue weighted by Gasteiger charge is -2.16. The molecular formula is C14H18N4O2. The standard InChI is InChI=1S/C14H18N4O2/c1-17(2)9-16-13-11(8-15)18-7-5-4-6-10(18)12(13)14(19)20-3/h9H,4-7H2,1-3H3. The van der Waals surface area contributed by atoms with Crippen LogP contribution < -0.4 is 0 Å². The summed E-state index contributed by atoms with van der Waals surface area (Å²) >= 11 is 0. The van der Waals surface area contributed by atoms with Gasteiger partial charge in [-0.05, 0) is 19.3 Å². The van der Waals surface area contributed by atoms with Gasteiger partial charge < -0.3 is 14.2 Å². The summed E-state index contributed by atoms with van der Waals surface area (Å²) in [7, 11) is 5.02. The van der Waals surface area contributed by atoms with Gasteiger partial charge in [-0.2, -0.15) is 5.26 Å². The minimum atomic E-state index is -0.428. The van der Waals surface area contributed by atoms with Crippen LogP contribution in [-0.2, 0) is 17.7 Å². The van der Waals surface area contributed by atoms with Crippen LogP contribution in [0.15, 0.2) is 4.99 Å². The predicted molar refractivity (Wildman–Crippen MR) is 75.3 cm³/mol. The number of aromatic nitrogens is 1. The lowest BCUT2D eigenvalue weighted by Crippen LogP contribution is -2.14. The van der Waals surface area contributed by atoms with Crippen LogP contribution in [0.4, 0.5) is 5.69 Å². The maximum atomic E-state index is 12.0. The van der Waals surface area contributed by atoms with Gasteiger partial charge in [-0.15, -0.1) is 0 Å². The van der Waals surface area contributed by atoms with E-state index in [-0.39, 0.29) is 0 Å². The molecule has 0 atom stereocenters. The van der Waals surface area contributed by atoms with Crippen LogP contribution in [0.3, 0.4) is 0 Å². The summed E-state index contributed by atoms with van der Waals surface area (Å²) in [6.45, 7) is 0.750. The summed E-state index contributed by atoms with van der Waals surface area (Å²) in [6, 6.07) is 2.17. The number of hydrogen-bond acceptors (Lipinski definition) is 4. The molecule has 6 heteroatoms. The number of rotatable bonds is 3. The van der Waals surface area contributed by atoms with Crippen LogP contribution in [0.1, 0.15) is 34.6 Å². The van der Waals surface area contributed by atoms with Crippen molar-refractivity contribution in [2.24, 2.45) is 4.99 Å². The van der Waals surface area contributed by atoms with E-state index in [1.165, 1.54) is 7.11 Å². The third-order valence-corrected chi connectivity index (χ3v) is 3.30. The number of ether oxygens (including phenoxy) is 1. The van der Waals surface area contributed by atoms with Crippen LogP contribution in [-0.4, -0.2) is 43.0 Å². The lowest BCUT2D eigenvalue weighted by atomic mass is 10.1. The van der Waals surface area contributed by atoms with Crippen molar-refractivity contribution in [3.05, 3.63) is 17.0 Å². The average molecular weight is 274 g/mol. The molecule has 0 saturated carbocycles. The van der Waals surface area contributed by atoms with Gasteiger partial charge in [0.05, 0.1) is 13.4 Å². The molecule has 2 rings (SSSR count). The molecule has 0 saturated heterocycles. The van der Waals surface area contributed by atoms with Crippen LogP contribution in [0.25, 0.3) is 0 Å². The minimum absolute atomic E-state index is 0.421. The number of aliphatic imine (C=N–C) groups is 1. The fourth-order valence-corrected chi connectivity index (χ4v) is 2.45. The summed E-state index contributed by atoms with van der Waals surface area (Å²) in [5.74, 6) is -0.428. The van der Waals surface area contributed by atoms with Gasteiger partial charge in [-0.25, -0.2) is 9.79 Å². The Hall–Kier alpha value is -2.29. The monoisotopic (exact) mass is 274 g/mol. The molecule has 106 valence electrons. The first-order valence-corrected chi connectivity index (χ1v) is 6.54. The van der Waals surface area contributed by atoms with Crippen molar-refractivity contribution in [2.75, 3.05) is 21.2 Å². The Balaban J connectivity index is 2.65. The molecule has 0 bridgehead atoms. The van der Waals surface area contributed by atoms with Gasteiger partial charge in [0.1, 0.15) is 23.0 Å². The molecule has 2 heterocycles. The average Bonchev–Trinajstić information content (AvgIpc) is 2.77. The first-order chi connectivity index (χ1) is 9.60. The van der Waals surface area contributed by atoms with E-state index in [0.717, 1.165) is 31.5 Å². The summed E-state index contributed by atoms with van der Waals surface area (Å²) in [5, 5.41) is 9.40. The maximum Gasteiger partial charge on any atom is 0.341 e. The van der Waals surface area contributed by atoms with E-state index in [1.807, 2.05) is 18.7 Å². The highest BCUT2D eigenvalue weighted by Crippen LogP contribution is 2.34. The number of carbonyl (C=O) groups is 1. The van der Waals surface area contributed by atoms with Crippen molar-refractivity contribution in [1.82, 2.24) is 9.47 Å². The van der Waals surface area contributed by atoms with Gasteiger partial charge in [0.25, 0.3) is 0 Å². The Morgan fingerprint density at radius 1 is 1.50 bits per heavy atom. The second-order valence-corrected chi connectivity index (χ2v) is 4.94. The largest absolute Gasteiger partial charge is 0.465 e. The normalized spacial score (nSPS) is 13.9. The molecule has 1 aromatic heterocycles. The minimum Gasteiger partial charge on any atom is -0.465 e. The van der Waals surface area contributed by atoms with Gasteiger partial charge in [-0.1, -0.05) is 0 Å². The van der Waals surface area contributed by atoms with E-state index in [9.17, 15) is 10.1 Å². The summed E-state index contributed by atoms with van der Waals surface area (Å²) in [5.41, 5.74) is 2.16. The van der Waals surface area contributed by atoms with Gasteiger partial charge in [0.2, 0.25) is 0 Å². The molecule has 20 heavy (non-hydrogen) atoms. The van der Waals surface area contributed by atoms with Crippen molar-refractivity contribution in [2.45, 2.75) is 25.8 Å². The molecule has 0 aromatic carbocycles. The number of hydrogen-bond donors (Lipinski definition) is 0. The van der Waals surface area contributed by atoms with Gasteiger partial charge in [0, 0.05) is 26.3 Å². The number of carbonyl (C=O) groups excluding carboxylic acids is 1. The number of fused-ring (bicyclic) bond motifs is 1. The topological polar surface area (TPSA) is 70.6 Å². The quantitative estimate of drug-likeness (QED) is 0.478. The van der Waals surface area contributed by atoms with Gasteiger partial charge >= 0.3 is 5.97 Å². The first-order valence-electron chi connectivity index (χ1n) is 6.54. The van der Waals surface area contributed by atoms with Crippen LogP contribution >= 0.6 is 0 Å². The zero-order valence-electron chi connectivity index (χ0n) is 12.0. The second kappa shape index (κ2) is 5.78. The van der Waals surface area contributed by atoms with Crippen molar-refractivity contribution in [3.8, 4) is 6.07 Å². The highest BCUT2D eigenvalue weighted by Gasteiger charge is 2.29. The third-order valence-electron chi connectivity index (χ3n) is 3.30. The molecule has 0 radical (unpaired) electrons. The molecule has 0 unspecified atom stereocenters. The fourth-order valence-electron chi connectivity index (χ4n) is 2.45. The van der Waals surface area contributed by atoms with Crippen molar-refractivity contribution >= 4 is 18.0 Å². The molecule has 0 N–H and O–H groups in total. The molecule has 0 fully saturated rings. The Morgan fingerprint density at radius 3 is 2.85 bits per heavy atom. The van der Waals surface area contributed by atoms with Crippen molar-refractivity contribution in [1.29, 1.82) is 5.26 Å². The van der Waals surface area contributed by atoms with Crippen LogP contribution in [0.2, 0.25) is 0 Å². The number of esters is 1. The molecule has 1 aliphatic heterocycles. The smallest absolute Gasteiger partial charge is 0.341 e. The summed E-state index contributed by atoms with van der Waals surface area (Å²) < 4.78 is 6.76. The number of methoxy groups -OCH3 is 1. The highest BCUT2D eigenvalue weighted by molar-refractivity contribution is 5.98. The second-order valence-electron chi connectivity index (χ2n) is 4.94. The van der Waals surface area contributed by atoms with Crippen LogP contribution in [0.5, 0.6) is 0 Å². The number of nitriles is 1. The van der Waals surface area contributed by atoms with E-state index >= 15 is 0 Å². The van der Waals surface area contributed by atoms with E-state index < -0.39 is 5.97 Å². The molecule has 0 spiro atoms. The number of nitrogens with zero attached hydrogens (tertiary/aromatic N) is 4. The molecule has 0 aliphatic carbocycles. The van der Waals surface area contributed by atoms with E-state index in [4.69, 9.17) is 4.74 Å². The van der Waals surface area contributed by atoms with E-state index in [0.29, 0.717) is 16.9 Å². The molecule has 1 aromatic rings. The molecule has 0 amide bonds. The van der Waals surface area contributed by atoms with E-state index in [2.05, 4.69) is 11.1 Å².